The van der Waals surface area contributed by atoms with E-state index in [1.807, 2.05) is 55.5 Å². The van der Waals surface area contributed by atoms with Crippen molar-refractivity contribution in [3.8, 4) is 17.1 Å². The van der Waals surface area contributed by atoms with Gasteiger partial charge in [0.15, 0.2) is 5.82 Å². The van der Waals surface area contributed by atoms with E-state index in [0.29, 0.717) is 24.6 Å². The second-order valence-electron chi connectivity index (χ2n) is 7.79. The molecule has 0 unspecified atom stereocenters. The average molecular weight is 421 g/mol. The quantitative estimate of drug-likeness (QED) is 0.670. The molecule has 160 valence electrons. The summed E-state index contributed by atoms with van der Waals surface area (Å²) in [5, 5.41) is 15.3. The van der Waals surface area contributed by atoms with Crippen molar-refractivity contribution in [1.82, 2.24) is 25.5 Å². The lowest BCUT2D eigenvalue weighted by molar-refractivity contribution is 0.0615. The van der Waals surface area contributed by atoms with Crippen LogP contribution in [0.4, 0.5) is 0 Å². The van der Waals surface area contributed by atoms with Crippen molar-refractivity contribution in [2.75, 3.05) is 20.3 Å². The Balaban J connectivity index is 1.32. The molecule has 4 atom stereocenters. The van der Waals surface area contributed by atoms with E-state index in [0.717, 1.165) is 16.9 Å². The summed E-state index contributed by atoms with van der Waals surface area (Å²) in [5.74, 6) is 1.20. The number of ether oxygens (including phenoxy) is 3. The maximum Gasteiger partial charge on any atom is 0.251 e. The molecule has 2 fully saturated rings. The van der Waals surface area contributed by atoms with Gasteiger partial charge in [-0.05, 0) is 41.6 Å². The van der Waals surface area contributed by atoms with Gasteiger partial charge in [-0.1, -0.05) is 29.8 Å². The fourth-order valence-electron chi connectivity index (χ4n) is 4.14. The summed E-state index contributed by atoms with van der Waals surface area (Å²) in [6, 6.07) is 14.6. The van der Waals surface area contributed by atoms with Crippen molar-refractivity contribution in [2.24, 2.45) is 0 Å². The van der Waals surface area contributed by atoms with Gasteiger partial charge in [0, 0.05) is 11.1 Å². The standard InChI is InChI=1S/C22H23N5O4/c1-13-6-8-14(9-7-13)22(28)23-17-11-30-20-18(12-31-19(17)20)27-21(24-25-26-27)15-4-3-5-16(10-15)29-2/h3-10,17-20H,11-12H2,1-2H3,(H,23,28)/t17-,18+,19-,20+/m1/s1. The van der Waals surface area contributed by atoms with E-state index in [1.54, 1.807) is 11.8 Å². The Morgan fingerprint density at radius 1 is 1.13 bits per heavy atom. The van der Waals surface area contributed by atoms with Crippen molar-refractivity contribution in [3.63, 3.8) is 0 Å². The van der Waals surface area contributed by atoms with Crippen LogP contribution in [0.15, 0.2) is 48.5 Å². The van der Waals surface area contributed by atoms with Crippen LogP contribution in [0.2, 0.25) is 0 Å². The topological polar surface area (TPSA) is 100 Å². The summed E-state index contributed by atoms with van der Waals surface area (Å²) in [7, 11) is 1.62. The number of hydrogen-bond acceptors (Lipinski definition) is 7. The molecule has 0 bridgehead atoms. The predicted octanol–water partition coefficient (Wildman–Crippen LogP) is 1.79. The van der Waals surface area contributed by atoms with Gasteiger partial charge in [0.25, 0.3) is 5.91 Å². The second-order valence-corrected chi connectivity index (χ2v) is 7.79. The molecule has 2 aliphatic heterocycles. The maximum atomic E-state index is 12.6. The Kier molecular flexibility index (Phi) is 5.13. The molecular weight excluding hydrogens is 398 g/mol. The number of methoxy groups -OCH3 is 1. The van der Waals surface area contributed by atoms with Crippen LogP contribution < -0.4 is 10.1 Å². The number of amides is 1. The highest BCUT2D eigenvalue weighted by Crippen LogP contribution is 2.36. The molecule has 0 radical (unpaired) electrons. The van der Waals surface area contributed by atoms with Gasteiger partial charge in [-0.3, -0.25) is 4.79 Å². The van der Waals surface area contributed by atoms with Crippen LogP contribution in [0.1, 0.15) is 22.0 Å². The summed E-state index contributed by atoms with van der Waals surface area (Å²) in [6.45, 7) is 2.76. The first-order valence-corrected chi connectivity index (χ1v) is 10.2. The normalized spacial score (nSPS) is 24.7. The average Bonchev–Trinajstić information content (AvgIpc) is 3.51. The van der Waals surface area contributed by atoms with Gasteiger partial charge in [0.05, 0.1) is 26.4 Å². The van der Waals surface area contributed by atoms with E-state index in [2.05, 4.69) is 20.8 Å². The summed E-state index contributed by atoms with van der Waals surface area (Å²) in [4.78, 5) is 12.6. The van der Waals surface area contributed by atoms with Crippen LogP contribution in [0.3, 0.4) is 0 Å². The molecule has 9 heteroatoms. The Morgan fingerprint density at radius 3 is 2.74 bits per heavy atom. The fourth-order valence-corrected chi connectivity index (χ4v) is 4.14. The molecule has 0 aliphatic carbocycles. The van der Waals surface area contributed by atoms with Crippen LogP contribution >= 0.6 is 0 Å². The number of nitrogens with zero attached hydrogens (tertiary/aromatic N) is 4. The maximum absolute atomic E-state index is 12.6. The number of rotatable bonds is 5. The lowest BCUT2D eigenvalue weighted by atomic mass is 10.0. The van der Waals surface area contributed by atoms with Gasteiger partial charge in [-0.2, -0.15) is 0 Å². The summed E-state index contributed by atoms with van der Waals surface area (Å²) in [6.07, 6.45) is -0.516. The van der Waals surface area contributed by atoms with E-state index in [-0.39, 0.29) is 30.2 Å². The largest absolute Gasteiger partial charge is 0.497 e. The fraction of sp³-hybridized carbons (Fsp3) is 0.364. The second kappa shape index (κ2) is 8.09. The van der Waals surface area contributed by atoms with Gasteiger partial charge < -0.3 is 19.5 Å². The number of carbonyl (C=O) groups is 1. The minimum atomic E-state index is -0.262. The molecule has 31 heavy (non-hydrogen) atoms. The molecule has 1 aromatic heterocycles. The molecule has 3 aromatic rings. The van der Waals surface area contributed by atoms with E-state index in [4.69, 9.17) is 14.2 Å². The number of tetrazole rings is 1. The zero-order valence-electron chi connectivity index (χ0n) is 17.3. The number of aryl methyl sites for hydroxylation is 1. The first-order chi connectivity index (χ1) is 15.1. The number of fused-ring (bicyclic) bond motifs is 1. The van der Waals surface area contributed by atoms with E-state index >= 15 is 0 Å². The van der Waals surface area contributed by atoms with Gasteiger partial charge in [-0.25, -0.2) is 4.68 Å². The first kappa shape index (κ1) is 19.7. The lowest BCUT2D eigenvalue weighted by Gasteiger charge is -2.18. The van der Waals surface area contributed by atoms with Gasteiger partial charge >= 0.3 is 0 Å². The van der Waals surface area contributed by atoms with E-state index in [1.165, 1.54) is 0 Å². The SMILES string of the molecule is COc1cccc(-c2nnnn2[C@H]2CO[C@H]3[C@H]2OC[C@H]3NC(=O)c2ccc(C)cc2)c1. The molecule has 1 N–H and O–H groups in total. The number of carbonyl (C=O) groups excluding carboxylic acids is 1. The third-order valence-corrected chi connectivity index (χ3v) is 5.79. The molecule has 2 aromatic carbocycles. The number of hydrogen-bond donors (Lipinski definition) is 1. The van der Waals surface area contributed by atoms with Crippen molar-refractivity contribution < 1.29 is 19.0 Å². The molecular formula is C22H23N5O4. The molecule has 2 saturated heterocycles. The van der Waals surface area contributed by atoms with Crippen molar-refractivity contribution >= 4 is 5.91 Å². The minimum Gasteiger partial charge on any atom is -0.497 e. The van der Waals surface area contributed by atoms with Crippen LogP contribution in [-0.2, 0) is 9.47 Å². The Hall–Kier alpha value is -3.30. The van der Waals surface area contributed by atoms with E-state index < -0.39 is 0 Å². The zero-order valence-corrected chi connectivity index (χ0v) is 17.3. The zero-order chi connectivity index (χ0) is 21.4. The van der Waals surface area contributed by atoms with Crippen LogP contribution in [-0.4, -0.2) is 64.7 Å². The Labute approximate surface area is 179 Å². The van der Waals surface area contributed by atoms with Gasteiger partial charge in [0.1, 0.15) is 24.0 Å². The van der Waals surface area contributed by atoms with Crippen LogP contribution in [0.25, 0.3) is 11.4 Å². The molecule has 5 rings (SSSR count). The molecule has 0 saturated carbocycles. The van der Waals surface area contributed by atoms with E-state index in [9.17, 15) is 4.79 Å². The third kappa shape index (κ3) is 3.66. The van der Waals surface area contributed by atoms with Crippen LogP contribution in [0, 0.1) is 6.92 Å². The minimum absolute atomic E-state index is 0.138. The summed E-state index contributed by atoms with van der Waals surface area (Å²) >= 11 is 0. The number of nitrogens with one attached hydrogen (secondary N) is 1. The van der Waals surface area contributed by atoms with Crippen molar-refractivity contribution in [2.45, 2.75) is 31.2 Å². The number of benzene rings is 2. The Bertz CT molecular complexity index is 1080. The first-order valence-electron chi connectivity index (χ1n) is 10.2. The highest BCUT2D eigenvalue weighted by atomic mass is 16.6. The molecule has 1 amide bonds. The van der Waals surface area contributed by atoms with Gasteiger partial charge in [-0.15, -0.1) is 5.10 Å². The van der Waals surface area contributed by atoms with Gasteiger partial charge in [0.2, 0.25) is 0 Å². The highest BCUT2D eigenvalue weighted by Gasteiger charge is 2.50. The lowest BCUT2D eigenvalue weighted by Crippen LogP contribution is -2.44. The van der Waals surface area contributed by atoms with Crippen molar-refractivity contribution in [3.05, 3.63) is 59.7 Å². The monoisotopic (exact) mass is 421 g/mol. The highest BCUT2D eigenvalue weighted by molar-refractivity contribution is 5.94. The van der Waals surface area contributed by atoms with Crippen LogP contribution in [0.5, 0.6) is 5.75 Å². The molecule has 2 aliphatic rings. The molecule has 3 heterocycles. The molecule has 0 spiro atoms. The molecule has 9 nitrogen and oxygen atoms in total. The summed E-state index contributed by atoms with van der Waals surface area (Å²) < 4.78 is 19.1. The Morgan fingerprint density at radius 2 is 1.94 bits per heavy atom. The summed E-state index contributed by atoms with van der Waals surface area (Å²) in [5.41, 5.74) is 2.57. The smallest absolute Gasteiger partial charge is 0.251 e. The van der Waals surface area contributed by atoms with Crippen molar-refractivity contribution in [1.29, 1.82) is 0 Å². The number of aromatic nitrogens is 4. The third-order valence-electron chi connectivity index (χ3n) is 5.79. The predicted molar refractivity (Wildman–Crippen MR) is 111 cm³/mol.